The molecule has 0 radical (unpaired) electrons. The van der Waals surface area contributed by atoms with E-state index in [9.17, 15) is 13.2 Å². The lowest BCUT2D eigenvalue weighted by Gasteiger charge is -2.24. The topological polar surface area (TPSA) is 89.4 Å². The van der Waals surface area contributed by atoms with Gasteiger partial charge in [-0.3, -0.25) is 0 Å². The lowest BCUT2D eigenvalue weighted by atomic mass is 10.1. The molecule has 4 rings (SSSR count). The molecule has 0 bridgehead atoms. The van der Waals surface area contributed by atoms with Crippen molar-refractivity contribution >= 4 is 5.95 Å². The van der Waals surface area contributed by atoms with Gasteiger partial charge in [0.2, 0.25) is 5.95 Å². The fourth-order valence-corrected chi connectivity index (χ4v) is 3.49. The Kier molecular flexibility index (Phi) is 5.42. The highest BCUT2D eigenvalue weighted by Crippen LogP contribution is 2.37. The maximum Gasteiger partial charge on any atom is 0.419 e. The van der Waals surface area contributed by atoms with Gasteiger partial charge >= 0.3 is 6.18 Å². The van der Waals surface area contributed by atoms with Gasteiger partial charge in [0, 0.05) is 36.2 Å². The highest BCUT2D eigenvalue weighted by Gasteiger charge is 2.36. The Hall–Kier alpha value is -3.38. The summed E-state index contributed by atoms with van der Waals surface area (Å²) in [5, 5.41) is 15.4. The third-order valence-corrected chi connectivity index (χ3v) is 4.98. The molecule has 0 saturated carbocycles. The Bertz CT molecular complexity index is 1080. The molecule has 1 atom stereocenters. The molecule has 3 heterocycles. The average Bonchev–Trinajstić information content (AvgIpc) is 3.24. The second-order valence-electron chi connectivity index (χ2n) is 7.14. The summed E-state index contributed by atoms with van der Waals surface area (Å²) in [5.41, 5.74) is 0.976. The van der Waals surface area contributed by atoms with Crippen LogP contribution in [0.5, 0.6) is 0 Å². The fourth-order valence-electron chi connectivity index (χ4n) is 3.49. The minimum absolute atomic E-state index is 0.0684. The number of nitrogens with zero attached hydrogens (tertiary/aromatic N) is 3. The smallest absolute Gasteiger partial charge is 0.361 e. The van der Waals surface area contributed by atoms with Gasteiger partial charge in [0.1, 0.15) is 5.56 Å². The van der Waals surface area contributed by atoms with Crippen molar-refractivity contribution in [1.82, 2.24) is 20.3 Å². The monoisotopic (exact) mass is 412 g/mol. The normalized spacial score (nSPS) is 16.8. The zero-order valence-corrected chi connectivity index (χ0v) is 15.9. The molecule has 1 aliphatic rings. The van der Waals surface area contributed by atoms with E-state index >= 15 is 0 Å². The third-order valence-electron chi connectivity index (χ3n) is 4.98. The highest BCUT2D eigenvalue weighted by atomic mass is 19.4. The van der Waals surface area contributed by atoms with Crippen LogP contribution in [0.15, 0.2) is 42.7 Å². The predicted molar refractivity (Wildman–Crippen MR) is 106 cm³/mol. The van der Waals surface area contributed by atoms with Gasteiger partial charge in [0.05, 0.1) is 17.3 Å². The average molecular weight is 412 g/mol. The first kappa shape index (κ1) is 19.9. The van der Waals surface area contributed by atoms with E-state index in [-0.39, 0.29) is 17.7 Å². The largest absolute Gasteiger partial charge is 0.419 e. The van der Waals surface area contributed by atoms with Crippen molar-refractivity contribution in [3.05, 3.63) is 53.9 Å². The molecule has 2 aromatic heterocycles. The van der Waals surface area contributed by atoms with E-state index in [1.165, 1.54) is 6.20 Å². The molecule has 1 saturated heterocycles. The minimum atomic E-state index is -4.58. The summed E-state index contributed by atoms with van der Waals surface area (Å²) in [6, 6.07) is 10.6. The van der Waals surface area contributed by atoms with Gasteiger partial charge in [-0.1, -0.05) is 12.1 Å². The third kappa shape index (κ3) is 4.28. The molecule has 0 spiro atoms. The van der Waals surface area contributed by atoms with Crippen LogP contribution in [0, 0.1) is 11.3 Å². The van der Waals surface area contributed by atoms with Gasteiger partial charge in [0.25, 0.3) is 0 Å². The first-order chi connectivity index (χ1) is 14.4. The first-order valence-corrected chi connectivity index (χ1v) is 9.55. The van der Waals surface area contributed by atoms with Gasteiger partial charge in [-0.05, 0) is 43.1 Å². The molecule has 9 heteroatoms. The molecule has 1 unspecified atom stereocenters. The lowest BCUT2D eigenvalue weighted by molar-refractivity contribution is -0.137. The highest BCUT2D eigenvalue weighted by molar-refractivity contribution is 5.72. The number of nitrogens with one attached hydrogen (secondary N) is 3. The number of nitriles is 1. The van der Waals surface area contributed by atoms with Crippen LogP contribution < -0.4 is 10.6 Å². The zero-order chi connectivity index (χ0) is 21.1. The Labute approximate surface area is 171 Å². The van der Waals surface area contributed by atoms with Crippen molar-refractivity contribution < 1.29 is 13.2 Å². The van der Waals surface area contributed by atoms with Crippen molar-refractivity contribution in [3.8, 4) is 28.6 Å². The minimum Gasteiger partial charge on any atom is -0.361 e. The molecule has 3 N–H and O–H groups in total. The van der Waals surface area contributed by atoms with E-state index in [4.69, 9.17) is 5.26 Å². The maximum atomic E-state index is 13.6. The summed E-state index contributed by atoms with van der Waals surface area (Å²) >= 11 is 0. The Morgan fingerprint density at radius 3 is 2.80 bits per heavy atom. The lowest BCUT2D eigenvalue weighted by Crippen LogP contribution is -2.38. The van der Waals surface area contributed by atoms with Gasteiger partial charge in [-0.2, -0.15) is 18.4 Å². The Balaban J connectivity index is 1.70. The second-order valence-corrected chi connectivity index (χ2v) is 7.14. The molecular formula is C21H19F3N6. The van der Waals surface area contributed by atoms with Gasteiger partial charge in [-0.15, -0.1) is 0 Å². The number of halogens is 3. The SMILES string of the molecule is N#Cc1cccc(-c2cc(-c3nc(NC4CCCNC4)ncc3C(F)(F)F)c[nH]2)c1. The van der Waals surface area contributed by atoms with Crippen molar-refractivity contribution in [2.45, 2.75) is 25.1 Å². The van der Waals surface area contributed by atoms with E-state index in [1.807, 2.05) is 0 Å². The molecule has 0 amide bonds. The molecule has 1 aliphatic heterocycles. The van der Waals surface area contributed by atoms with E-state index in [1.54, 1.807) is 30.3 Å². The molecule has 0 aliphatic carbocycles. The molecule has 6 nitrogen and oxygen atoms in total. The molecular weight excluding hydrogens is 393 g/mol. The zero-order valence-electron chi connectivity index (χ0n) is 15.9. The van der Waals surface area contributed by atoms with Crippen LogP contribution in [0.3, 0.4) is 0 Å². The van der Waals surface area contributed by atoms with Crippen molar-refractivity contribution in [3.63, 3.8) is 0 Å². The summed E-state index contributed by atoms with van der Waals surface area (Å²) in [6.45, 7) is 1.64. The van der Waals surface area contributed by atoms with Crippen LogP contribution in [-0.4, -0.2) is 34.1 Å². The number of benzene rings is 1. The number of hydrogen-bond donors (Lipinski definition) is 3. The summed E-state index contributed by atoms with van der Waals surface area (Å²) in [5.74, 6) is 0.168. The number of aromatic amines is 1. The number of aromatic nitrogens is 3. The molecule has 1 aromatic carbocycles. The predicted octanol–water partition coefficient (Wildman–Crippen LogP) is 4.19. The number of rotatable bonds is 4. The van der Waals surface area contributed by atoms with Crippen LogP contribution in [-0.2, 0) is 6.18 Å². The van der Waals surface area contributed by atoms with Gasteiger partial charge in [0.15, 0.2) is 0 Å². The van der Waals surface area contributed by atoms with Crippen LogP contribution in [0.4, 0.5) is 19.1 Å². The first-order valence-electron chi connectivity index (χ1n) is 9.55. The van der Waals surface area contributed by atoms with Gasteiger partial charge in [-0.25, -0.2) is 9.97 Å². The summed E-state index contributed by atoms with van der Waals surface area (Å²) in [7, 11) is 0. The van der Waals surface area contributed by atoms with E-state index in [0.717, 1.165) is 25.6 Å². The maximum absolute atomic E-state index is 13.6. The van der Waals surface area contributed by atoms with Crippen molar-refractivity contribution in [2.75, 3.05) is 18.4 Å². The molecule has 30 heavy (non-hydrogen) atoms. The Morgan fingerprint density at radius 2 is 2.07 bits per heavy atom. The number of hydrogen-bond acceptors (Lipinski definition) is 5. The standard InChI is InChI=1S/C21H19F3N6/c22-21(23,24)17-12-28-20(29-16-5-2-6-26-11-16)30-19(17)15-8-18(27-10-15)14-4-1-3-13(7-14)9-25/h1,3-4,7-8,10,12,16,26-27H,2,5-6,11H2,(H,28,29,30). The molecule has 154 valence electrons. The number of piperidine rings is 1. The summed E-state index contributed by atoms with van der Waals surface area (Å²) < 4.78 is 40.8. The van der Waals surface area contributed by atoms with Crippen LogP contribution in [0.1, 0.15) is 24.0 Å². The number of H-pyrrole nitrogens is 1. The van der Waals surface area contributed by atoms with Crippen LogP contribution >= 0.6 is 0 Å². The Morgan fingerprint density at radius 1 is 1.20 bits per heavy atom. The van der Waals surface area contributed by atoms with Gasteiger partial charge < -0.3 is 15.6 Å². The van der Waals surface area contributed by atoms with E-state index in [0.29, 0.717) is 28.9 Å². The second kappa shape index (κ2) is 8.16. The van der Waals surface area contributed by atoms with E-state index in [2.05, 4.69) is 31.7 Å². The van der Waals surface area contributed by atoms with Crippen molar-refractivity contribution in [1.29, 1.82) is 5.26 Å². The fraction of sp³-hybridized carbons (Fsp3) is 0.286. The number of anilines is 1. The van der Waals surface area contributed by atoms with E-state index < -0.39 is 11.7 Å². The molecule has 3 aromatic rings. The van der Waals surface area contributed by atoms with Crippen LogP contribution in [0.25, 0.3) is 22.5 Å². The quantitative estimate of drug-likeness (QED) is 0.598. The van der Waals surface area contributed by atoms with Crippen molar-refractivity contribution in [2.24, 2.45) is 0 Å². The molecule has 1 fully saturated rings. The van der Waals surface area contributed by atoms with Crippen LogP contribution in [0.2, 0.25) is 0 Å². The number of alkyl halides is 3. The summed E-state index contributed by atoms with van der Waals surface area (Å²) in [6.07, 6.45) is -0.398. The summed E-state index contributed by atoms with van der Waals surface area (Å²) in [4.78, 5) is 11.1.